The van der Waals surface area contributed by atoms with E-state index in [0.29, 0.717) is 0 Å². The number of halogens is 1. The number of anilines is 1. The molecule has 0 fully saturated rings. The van der Waals surface area contributed by atoms with Crippen LogP contribution in [0.25, 0.3) is 0 Å². The minimum absolute atomic E-state index is 0.240. The van der Waals surface area contributed by atoms with Gasteiger partial charge in [-0.1, -0.05) is 12.1 Å². The van der Waals surface area contributed by atoms with E-state index in [4.69, 9.17) is 4.74 Å². The van der Waals surface area contributed by atoms with Gasteiger partial charge in [-0.05, 0) is 42.0 Å². The third kappa shape index (κ3) is 3.09. The van der Waals surface area contributed by atoms with Crippen molar-refractivity contribution in [3.63, 3.8) is 0 Å². The van der Waals surface area contributed by atoms with Gasteiger partial charge in [0.2, 0.25) is 0 Å². The molecule has 5 heteroatoms. The van der Waals surface area contributed by atoms with E-state index in [1.54, 1.807) is 25.7 Å². The summed E-state index contributed by atoms with van der Waals surface area (Å²) >= 11 is 0. The van der Waals surface area contributed by atoms with Crippen LogP contribution < -0.4 is 10.1 Å². The summed E-state index contributed by atoms with van der Waals surface area (Å²) in [4.78, 5) is 7.22. The number of H-pyrrole nitrogens is 1. The number of nitrogens with one attached hydrogen (secondary N) is 2. The van der Waals surface area contributed by atoms with Crippen molar-refractivity contribution in [2.75, 3.05) is 12.4 Å². The van der Waals surface area contributed by atoms with Crippen molar-refractivity contribution in [3.05, 3.63) is 78.1 Å². The second-order valence-electron chi connectivity index (χ2n) is 4.85. The summed E-state index contributed by atoms with van der Waals surface area (Å²) in [5, 5.41) is 3.37. The van der Waals surface area contributed by atoms with Crippen molar-refractivity contribution < 1.29 is 9.13 Å². The smallest absolute Gasteiger partial charge is 0.123 e. The zero-order valence-corrected chi connectivity index (χ0v) is 12.1. The van der Waals surface area contributed by atoms with Crippen molar-refractivity contribution in [1.82, 2.24) is 9.97 Å². The molecule has 2 aromatic carbocycles. The van der Waals surface area contributed by atoms with E-state index in [0.717, 1.165) is 22.7 Å². The van der Waals surface area contributed by atoms with Gasteiger partial charge in [-0.25, -0.2) is 9.37 Å². The van der Waals surface area contributed by atoms with Gasteiger partial charge in [-0.3, -0.25) is 0 Å². The molecule has 0 aliphatic heterocycles. The van der Waals surface area contributed by atoms with E-state index in [1.165, 1.54) is 12.1 Å². The second kappa shape index (κ2) is 6.30. The van der Waals surface area contributed by atoms with Gasteiger partial charge in [0, 0.05) is 11.9 Å². The van der Waals surface area contributed by atoms with Gasteiger partial charge in [0.25, 0.3) is 0 Å². The maximum atomic E-state index is 13.5. The molecule has 1 unspecified atom stereocenters. The van der Waals surface area contributed by atoms with Crippen molar-refractivity contribution in [3.8, 4) is 5.75 Å². The maximum absolute atomic E-state index is 13.5. The fourth-order valence-corrected chi connectivity index (χ4v) is 2.30. The predicted molar refractivity (Wildman–Crippen MR) is 83.4 cm³/mol. The molecule has 4 nitrogen and oxygen atoms in total. The molecule has 1 atom stereocenters. The Kier molecular flexibility index (Phi) is 4.05. The molecule has 22 heavy (non-hydrogen) atoms. The van der Waals surface area contributed by atoms with Crippen LogP contribution in [0.4, 0.5) is 10.1 Å². The van der Waals surface area contributed by atoms with Gasteiger partial charge in [-0.15, -0.1) is 0 Å². The largest absolute Gasteiger partial charge is 0.497 e. The Hall–Kier alpha value is -2.82. The fourth-order valence-electron chi connectivity index (χ4n) is 2.30. The average molecular weight is 297 g/mol. The van der Waals surface area contributed by atoms with Crippen molar-refractivity contribution in [1.29, 1.82) is 0 Å². The van der Waals surface area contributed by atoms with Crippen LogP contribution in [0, 0.1) is 5.82 Å². The molecule has 0 saturated heterocycles. The molecular weight excluding hydrogens is 281 g/mol. The Bertz CT molecular complexity index is 726. The van der Waals surface area contributed by atoms with Crippen molar-refractivity contribution in [2.45, 2.75) is 6.04 Å². The van der Waals surface area contributed by atoms with Gasteiger partial charge in [0.1, 0.15) is 11.6 Å². The molecule has 3 aromatic rings. The lowest BCUT2D eigenvalue weighted by molar-refractivity contribution is 0.415. The number of imidazole rings is 1. The first-order chi connectivity index (χ1) is 10.8. The third-order valence-corrected chi connectivity index (χ3v) is 3.40. The first kappa shape index (κ1) is 14.1. The van der Waals surface area contributed by atoms with Crippen LogP contribution in [0.1, 0.15) is 17.3 Å². The first-order valence-corrected chi connectivity index (χ1v) is 6.91. The maximum Gasteiger partial charge on any atom is 0.123 e. The number of methoxy groups -OCH3 is 1. The lowest BCUT2D eigenvalue weighted by Gasteiger charge is -2.19. The highest BCUT2D eigenvalue weighted by atomic mass is 19.1. The van der Waals surface area contributed by atoms with Gasteiger partial charge >= 0.3 is 0 Å². The zero-order valence-electron chi connectivity index (χ0n) is 12.1. The monoisotopic (exact) mass is 297 g/mol. The normalized spacial score (nSPS) is 11.9. The van der Waals surface area contributed by atoms with E-state index in [-0.39, 0.29) is 11.9 Å². The molecule has 112 valence electrons. The molecule has 0 saturated carbocycles. The molecule has 0 spiro atoms. The minimum atomic E-state index is -0.269. The Morgan fingerprint density at radius 1 is 1.18 bits per heavy atom. The third-order valence-electron chi connectivity index (χ3n) is 3.40. The summed E-state index contributed by atoms with van der Waals surface area (Å²) in [5.74, 6) is 0.516. The number of rotatable bonds is 5. The van der Waals surface area contributed by atoms with Crippen LogP contribution >= 0.6 is 0 Å². The number of aromatic amines is 1. The predicted octanol–water partition coefficient (Wildman–Crippen LogP) is 3.76. The minimum Gasteiger partial charge on any atom is -0.497 e. The van der Waals surface area contributed by atoms with E-state index in [1.807, 2.05) is 30.3 Å². The Morgan fingerprint density at radius 2 is 2.00 bits per heavy atom. The summed E-state index contributed by atoms with van der Waals surface area (Å²) in [5.41, 5.74) is 2.50. The van der Waals surface area contributed by atoms with E-state index in [2.05, 4.69) is 15.3 Å². The number of benzene rings is 2. The zero-order chi connectivity index (χ0) is 15.4. The lowest BCUT2D eigenvalue weighted by atomic mass is 10.0. The van der Waals surface area contributed by atoms with Crippen molar-refractivity contribution in [2.24, 2.45) is 0 Å². The number of hydrogen-bond acceptors (Lipinski definition) is 3. The number of hydrogen-bond donors (Lipinski definition) is 2. The molecule has 1 aromatic heterocycles. The molecule has 0 bridgehead atoms. The molecule has 2 N–H and O–H groups in total. The highest BCUT2D eigenvalue weighted by Gasteiger charge is 2.16. The van der Waals surface area contributed by atoms with Crippen LogP contribution in [0.15, 0.2) is 61.1 Å². The average Bonchev–Trinajstić information content (AvgIpc) is 3.07. The molecule has 0 aliphatic carbocycles. The standard InChI is InChI=1S/C17H16FN3O/c1-22-15-7-5-14(6-8-15)21-17(16-10-19-11-20-16)12-3-2-4-13(18)9-12/h2-11,17,21H,1H3,(H,19,20). The van der Waals surface area contributed by atoms with Crippen LogP contribution in [-0.2, 0) is 0 Å². The molecule has 0 radical (unpaired) electrons. The summed E-state index contributed by atoms with van der Waals surface area (Å²) in [6.45, 7) is 0. The Labute approximate surface area is 128 Å². The van der Waals surface area contributed by atoms with Crippen LogP contribution in [0.2, 0.25) is 0 Å². The van der Waals surface area contributed by atoms with Gasteiger partial charge in [0.05, 0.1) is 25.2 Å². The summed E-state index contributed by atoms with van der Waals surface area (Å²) in [7, 11) is 1.63. The van der Waals surface area contributed by atoms with Crippen LogP contribution in [0.3, 0.4) is 0 Å². The Morgan fingerprint density at radius 3 is 2.64 bits per heavy atom. The highest BCUT2D eigenvalue weighted by molar-refractivity contribution is 5.50. The van der Waals surface area contributed by atoms with Gasteiger partial charge < -0.3 is 15.0 Å². The number of ether oxygens (including phenoxy) is 1. The van der Waals surface area contributed by atoms with Crippen LogP contribution in [-0.4, -0.2) is 17.1 Å². The SMILES string of the molecule is COc1ccc(NC(c2cccc(F)c2)c2c[nH]cn2)cc1. The Balaban J connectivity index is 1.92. The van der Waals surface area contributed by atoms with Crippen LogP contribution in [0.5, 0.6) is 5.75 Å². The number of aromatic nitrogens is 2. The van der Waals surface area contributed by atoms with E-state index >= 15 is 0 Å². The first-order valence-electron chi connectivity index (χ1n) is 6.91. The lowest BCUT2D eigenvalue weighted by Crippen LogP contribution is -2.13. The molecule has 0 amide bonds. The molecule has 0 aliphatic rings. The topological polar surface area (TPSA) is 49.9 Å². The summed E-state index contributed by atoms with van der Waals surface area (Å²) in [6, 6.07) is 13.8. The summed E-state index contributed by atoms with van der Waals surface area (Å²) < 4.78 is 18.7. The molecule has 1 heterocycles. The highest BCUT2D eigenvalue weighted by Crippen LogP contribution is 2.26. The van der Waals surface area contributed by atoms with Gasteiger partial charge in [-0.2, -0.15) is 0 Å². The fraction of sp³-hybridized carbons (Fsp3) is 0.118. The number of nitrogens with zero attached hydrogens (tertiary/aromatic N) is 1. The second-order valence-corrected chi connectivity index (χ2v) is 4.85. The van der Waals surface area contributed by atoms with E-state index < -0.39 is 0 Å². The van der Waals surface area contributed by atoms with Gasteiger partial charge in [0.15, 0.2) is 0 Å². The van der Waals surface area contributed by atoms with Crippen molar-refractivity contribution >= 4 is 5.69 Å². The molecular formula is C17H16FN3O. The summed E-state index contributed by atoms with van der Waals surface area (Å²) in [6.07, 6.45) is 3.41. The van der Waals surface area contributed by atoms with E-state index in [9.17, 15) is 4.39 Å². The quantitative estimate of drug-likeness (QED) is 0.754. The molecule has 3 rings (SSSR count).